The molecule has 0 heterocycles. The molecule has 0 saturated heterocycles. The summed E-state index contributed by atoms with van der Waals surface area (Å²) in [5, 5.41) is 32.3. The fraction of sp³-hybridized carbons (Fsp3) is 0.278. The van der Waals surface area contributed by atoms with Crippen molar-refractivity contribution in [3.63, 3.8) is 0 Å². The molecule has 6 N–H and O–H groups in total. The third kappa shape index (κ3) is 5.66. The number of rotatable bonds is 7. The van der Waals surface area contributed by atoms with E-state index in [1.807, 2.05) is 30.3 Å². The van der Waals surface area contributed by atoms with Crippen LogP contribution in [0.3, 0.4) is 0 Å². The van der Waals surface area contributed by atoms with E-state index >= 15 is 0 Å². The van der Waals surface area contributed by atoms with Crippen LogP contribution in [-0.2, 0) is 11.3 Å². The van der Waals surface area contributed by atoms with Gasteiger partial charge in [0, 0.05) is 17.8 Å². The molecule has 2 atom stereocenters. The van der Waals surface area contributed by atoms with Gasteiger partial charge in [0.1, 0.15) is 18.5 Å². The average Bonchev–Trinajstić information content (AvgIpc) is 2.62. The molecule has 2 rings (SSSR count). The Hall–Kier alpha value is -2.77. The lowest BCUT2D eigenvalue weighted by Gasteiger charge is -2.19. The maximum Gasteiger partial charge on any atom is 0.407 e. The van der Waals surface area contributed by atoms with Gasteiger partial charge < -0.3 is 31.1 Å². The molecule has 0 bridgehead atoms. The lowest BCUT2D eigenvalue weighted by Crippen LogP contribution is -2.29. The molecule has 25 heavy (non-hydrogen) atoms. The summed E-state index contributed by atoms with van der Waals surface area (Å²) < 4.78 is 5.04. The topological polar surface area (TPSA) is 125 Å². The summed E-state index contributed by atoms with van der Waals surface area (Å²) in [6, 6.07) is 13.5. The van der Waals surface area contributed by atoms with Crippen molar-refractivity contribution in [1.29, 1.82) is 0 Å². The Balaban J connectivity index is 1.75. The number of ether oxygens (including phenoxy) is 1. The van der Waals surface area contributed by atoms with Crippen LogP contribution >= 0.6 is 0 Å². The van der Waals surface area contributed by atoms with Crippen LogP contribution in [0.25, 0.3) is 0 Å². The monoisotopic (exact) mass is 346 g/mol. The first kappa shape index (κ1) is 18.6. The van der Waals surface area contributed by atoms with Crippen molar-refractivity contribution in [3.8, 4) is 5.75 Å². The highest BCUT2D eigenvalue weighted by atomic mass is 16.5. The van der Waals surface area contributed by atoms with E-state index in [1.54, 1.807) is 0 Å². The second-order valence-electron chi connectivity index (χ2n) is 5.61. The molecule has 2 unspecified atom stereocenters. The van der Waals surface area contributed by atoms with Crippen molar-refractivity contribution in [2.45, 2.75) is 25.2 Å². The molecule has 2 aromatic rings. The second kappa shape index (κ2) is 8.91. The first-order valence-corrected chi connectivity index (χ1v) is 7.86. The summed E-state index contributed by atoms with van der Waals surface area (Å²) in [6.07, 6.45) is -3.03. The molecule has 0 saturated carbocycles. The molecule has 1 amide bonds. The van der Waals surface area contributed by atoms with E-state index < -0.39 is 18.3 Å². The third-order valence-corrected chi connectivity index (χ3v) is 3.66. The Morgan fingerprint density at radius 2 is 1.88 bits per heavy atom. The van der Waals surface area contributed by atoms with Gasteiger partial charge in [-0.2, -0.15) is 0 Å². The molecule has 7 nitrogen and oxygen atoms in total. The molecule has 0 radical (unpaired) electrons. The lowest BCUT2D eigenvalue weighted by molar-refractivity contribution is 0.0124. The average molecular weight is 346 g/mol. The fourth-order valence-electron chi connectivity index (χ4n) is 2.27. The standard InChI is InChI=1S/C18H22N2O5/c19-13-6-7-15(21)14(10-13)17(23)16(22)8-9-20-18(24)25-11-12-4-2-1-3-5-12/h1-7,10,16-17,21-23H,8-9,11,19H2,(H,20,24). The Morgan fingerprint density at radius 1 is 1.16 bits per heavy atom. The number of hydrogen-bond donors (Lipinski definition) is 5. The SMILES string of the molecule is Nc1ccc(O)c(C(O)C(O)CCNC(=O)OCc2ccccc2)c1. The van der Waals surface area contributed by atoms with E-state index in [2.05, 4.69) is 5.32 Å². The minimum absolute atomic E-state index is 0.0792. The van der Waals surface area contributed by atoms with Gasteiger partial charge in [-0.25, -0.2) is 4.79 Å². The second-order valence-corrected chi connectivity index (χ2v) is 5.61. The van der Waals surface area contributed by atoms with Gasteiger partial charge in [0.15, 0.2) is 0 Å². The summed E-state index contributed by atoms with van der Waals surface area (Å²) >= 11 is 0. The van der Waals surface area contributed by atoms with Crippen LogP contribution in [0.5, 0.6) is 5.75 Å². The number of nitrogens with two attached hydrogens (primary N) is 1. The van der Waals surface area contributed by atoms with Gasteiger partial charge in [0.25, 0.3) is 0 Å². The van der Waals surface area contributed by atoms with E-state index in [4.69, 9.17) is 10.5 Å². The van der Waals surface area contributed by atoms with E-state index in [0.717, 1.165) is 5.56 Å². The molecule has 134 valence electrons. The van der Waals surface area contributed by atoms with Crippen LogP contribution in [0, 0.1) is 0 Å². The van der Waals surface area contributed by atoms with Crippen molar-refractivity contribution in [1.82, 2.24) is 5.32 Å². The number of carbonyl (C=O) groups excluding carboxylic acids is 1. The van der Waals surface area contributed by atoms with Crippen LogP contribution in [0.15, 0.2) is 48.5 Å². The fourth-order valence-corrected chi connectivity index (χ4v) is 2.27. The van der Waals surface area contributed by atoms with E-state index in [-0.39, 0.29) is 30.9 Å². The van der Waals surface area contributed by atoms with Crippen molar-refractivity contribution >= 4 is 11.8 Å². The molecular weight excluding hydrogens is 324 g/mol. The summed E-state index contributed by atoms with van der Waals surface area (Å²) in [4.78, 5) is 11.6. The van der Waals surface area contributed by atoms with Crippen molar-refractivity contribution in [3.05, 3.63) is 59.7 Å². The molecule has 0 aliphatic carbocycles. The van der Waals surface area contributed by atoms with Gasteiger partial charge in [-0.05, 0) is 30.2 Å². The summed E-state index contributed by atoms with van der Waals surface area (Å²) in [6.45, 7) is 0.254. The number of aliphatic hydroxyl groups is 2. The number of phenols is 1. The molecule has 0 aliphatic heterocycles. The highest BCUT2D eigenvalue weighted by Crippen LogP contribution is 2.29. The third-order valence-electron chi connectivity index (χ3n) is 3.66. The van der Waals surface area contributed by atoms with Crippen molar-refractivity contribution in [2.24, 2.45) is 0 Å². The minimum Gasteiger partial charge on any atom is -0.508 e. The largest absolute Gasteiger partial charge is 0.508 e. The molecule has 0 fully saturated rings. The lowest BCUT2D eigenvalue weighted by atomic mass is 10.0. The number of phenolic OH excluding ortho intramolecular Hbond substituents is 1. The first-order chi connectivity index (χ1) is 12.0. The number of anilines is 1. The molecule has 7 heteroatoms. The van der Waals surface area contributed by atoms with Crippen molar-refractivity contribution in [2.75, 3.05) is 12.3 Å². The van der Waals surface area contributed by atoms with E-state index in [9.17, 15) is 20.1 Å². The minimum atomic E-state index is -1.31. The van der Waals surface area contributed by atoms with Gasteiger partial charge in [-0.1, -0.05) is 30.3 Å². The summed E-state index contributed by atoms with van der Waals surface area (Å²) in [5.41, 5.74) is 6.98. The Kier molecular flexibility index (Phi) is 6.62. The number of nitrogens with one attached hydrogen (secondary N) is 1. The zero-order chi connectivity index (χ0) is 18.2. The number of aromatic hydroxyl groups is 1. The number of aliphatic hydroxyl groups excluding tert-OH is 2. The van der Waals surface area contributed by atoms with Gasteiger partial charge in [0.2, 0.25) is 0 Å². The molecular formula is C18H22N2O5. The quantitative estimate of drug-likeness (QED) is 0.384. The number of amides is 1. The number of benzene rings is 2. The maximum atomic E-state index is 11.6. The Bertz CT molecular complexity index is 693. The zero-order valence-electron chi connectivity index (χ0n) is 13.6. The van der Waals surface area contributed by atoms with Crippen LogP contribution in [0.2, 0.25) is 0 Å². The predicted molar refractivity (Wildman–Crippen MR) is 92.7 cm³/mol. The molecule has 0 spiro atoms. The summed E-state index contributed by atoms with van der Waals surface area (Å²) in [7, 11) is 0. The smallest absolute Gasteiger partial charge is 0.407 e. The Morgan fingerprint density at radius 3 is 2.60 bits per heavy atom. The first-order valence-electron chi connectivity index (χ1n) is 7.86. The van der Waals surface area contributed by atoms with Crippen LogP contribution in [-0.4, -0.2) is 34.1 Å². The molecule has 0 aromatic heterocycles. The number of alkyl carbamates (subject to hydrolysis) is 1. The number of hydrogen-bond acceptors (Lipinski definition) is 6. The maximum absolute atomic E-state index is 11.6. The van der Waals surface area contributed by atoms with Gasteiger partial charge in [0.05, 0.1) is 6.10 Å². The van der Waals surface area contributed by atoms with Gasteiger partial charge >= 0.3 is 6.09 Å². The van der Waals surface area contributed by atoms with Gasteiger partial charge in [-0.3, -0.25) is 0 Å². The normalized spacial score (nSPS) is 13.0. The molecule has 0 aliphatic rings. The number of carbonyl (C=O) groups is 1. The van der Waals surface area contributed by atoms with Crippen LogP contribution in [0.1, 0.15) is 23.7 Å². The Labute approximate surface area is 145 Å². The highest BCUT2D eigenvalue weighted by molar-refractivity contribution is 5.67. The molecule has 2 aromatic carbocycles. The summed E-state index contributed by atoms with van der Waals surface area (Å²) in [5.74, 6) is -0.156. The highest BCUT2D eigenvalue weighted by Gasteiger charge is 2.21. The van der Waals surface area contributed by atoms with E-state index in [0.29, 0.717) is 5.69 Å². The van der Waals surface area contributed by atoms with E-state index in [1.165, 1.54) is 18.2 Å². The number of nitrogen functional groups attached to an aromatic ring is 1. The van der Waals surface area contributed by atoms with Crippen LogP contribution in [0.4, 0.5) is 10.5 Å². The predicted octanol–water partition coefficient (Wildman–Crippen LogP) is 1.69. The van der Waals surface area contributed by atoms with Crippen molar-refractivity contribution < 1.29 is 24.9 Å². The van der Waals surface area contributed by atoms with Crippen LogP contribution < -0.4 is 11.1 Å². The van der Waals surface area contributed by atoms with Gasteiger partial charge in [-0.15, -0.1) is 0 Å². The zero-order valence-corrected chi connectivity index (χ0v) is 13.6.